The van der Waals surface area contributed by atoms with Crippen molar-refractivity contribution in [2.24, 2.45) is 0 Å². The van der Waals surface area contributed by atoms with Crippen LogP contribution in [0.15, 0.2) is 30.6 Å². The number of nitrogens with zero attached hydrogens (tertiary/aromatic N) is 3. The van der Waals surface area contributed by atoms with E-state index in [0.717, 1.165) is 36.8 Å². The number of likely N-dealkylation sites (tertiary alicyclic amines) is 1. The van der Waals surface area contributed by atoms with Crippen LogP contribution < -0.4 is 0 Å². The van der Waals surface area contributed by atoms with Gasteiger partial charge < -0.3 is 4.90 Å². The van der Waals surface area contributed by atoms with Crippen LogP contribution in [0.25, 0.3) is 10.9 Å². The topological polar surface area (TPSA) is 46.1 Å². The van der Waals surface area contributed by atoms with E-state index in [0.29, 0.717) is 5.69 Å². The Hall–Kier alpha value is -1.97. The van der Waals surface area contributed by atoms with Crippen LogP contribution in [0.2, 0.25) is 0 Å². The van der Waals surface area contributed by atoms with Gasteiger partial charge in [0.25, 0.3) is 5.91 Å². The maximum atomic E-state index is 12.4. The molecule has 4 heteroatoms. The quantitative estimate of drug-likeness (QED) is 0.769. The van der Waals surface area contributed by atoms with Crippen molar-refractivity contribution in [1.29, 1.82) is 0 Å². The lowest BCUT2D eigenvalue weighted by molar-refractivity contribution is 0.0720. The van der Waals surface area contributed by atoms with E-state index in [1.54, 1.807) is 0 Å². The third-order valence-corrected chi connectivity index (χ3v) is 3.39. The van der Waals surface area contributed by atoms with Crippen molar-refractivity contribution in [1.82, 2.24) is 14.9 Å². The van der Waals surface area contributed by atoms with E-state index in [1.165, 1.54) is 12.7 Å². The number of piperidine rings is 1. The number of fused-ring (bicyclic) bond motifs is 1. The Bertz CT molecular complexity index is 571. The van der Waals surface area contributed by atoms with E-state index >= 15 is 0 Å². The van der Waals surface area contributed by atoms with Gasteiger partial charge in [0.2, 0.25) is 0 Å². The Morgan fingerprint density at radius 2 is 1.83 bits per heavy atom. The summed E-state index contributed by atoms with van der Waals surface area (Å²) in [5.41, 5.74) is 1.36. The lowest BCUT2D eigenvalue weighted by Crippen LogP contribution is -2.36. The van der Waals surface area contributed by atoms with Crippen molar-refractivity contribution in [2.45, 2.75) is 19.3 Å². The van der Waals surface area contributed by atoms with Gasteiger partial charge in [-0.05, 0) is 25.3 Å². The molecule has 0 aliphatic carbocycles. The van der Waals surface area contributed by atoms with Gasteiger partial charge in [0.15, 0.2) is 0 Å². The van der Waals surface area contributed by atoms with Crippen molar-refractivity contribution >= 4 is 16.8 Å². The molecule has 0 atom stereocenters. The highest BCUT2D eigenvalue weighted by Gasteiger charge is 2.21. The van der Waals surface area contributed by atoms with Crippen LogP contribution in [0, 0.1) is 0 Å². The van der Waals surface area contributed by atoms with Crippen LogP contribution >= 0.6 is 0 Å². The Morgan fingerprint density at radius 1 is 1.06 bits per heavy atom. The van der Waals surface area contributed by atoms with Gasteiger partial charge in [-0.2, -0.15) is 0 Å². The standard InChI is InChI=1S/C14H15N3O/c18-14(17-8-4-1-5-9-17)13-11-6-2-3-7-12(11)15-10-16-13/h2-3,6-7,10H,1,4-5,8-9H2. The highest BCUT2D eigenvalue weighted by atomic mass is 16.2. The lowest BCUT2D eigenvalue weighted by atomic mass is 10.1. The number of hydrogen-bond donors (Lipinski definition) is 0. The number of hydrogen-bond acceptors (Lipinski definition) is 3. The molecule has 2 aromatic rings. The number of carbonyl (C=O) groups is 1. The van der Waals surface area contributed by atoms with E-state index < -0.39 is 0 Å². The molecule has 0 saturated carbocycles. The van der Waals surface area contributed by atoms with E-state index in [2.05, 4.69) is 9.97 Å². The zero-order valence-electron chi connectivity index (χ0n) is 10.2. The third-order valence-electron chi connectivity index (χ3n) is 3.39. The molecule has 4 nitrogen and oxygen atoms in total. The first-order valence-corrected chi connectivity index (χ1v) is 6.35. The number of amides is 1. The fourth-order valence-electron chi connectivity index (χ4n) is 2.42. The molecule has 1 aromatic heterocycles. The van der Waals surface area contributed by atoms with Crippen molar-refractivity contribution in [3.8, 4) is 0 Å². The molecule has 1 fully saturated rings. The van der Waals surface area contributed by atoms with Gasteiger partial charge in [-0.25, -0.2) is 9.97 Å². The molecule has 1 aliphatic heterocycles. The smallest absolute Gasteiger partial charge is 0.273 e. The van der Waals surface area contributed by atoms with Gasteiger partial charge in [0.05, 0.1) is 5.52 Å². The van der Waals surface area contributed by atoms with Gasteiger partial charge in [0, 0.05) is 18.5 Å². The fourth-order valence-corrected chi connectivity index (χ4v) is 2.42. The summed E-state index contributed by atoms with van der Waals surface area (Å²) < 4.78 is 0. The average Bonchev–Trinajstić information content (AvgIpc) is 2.47. The van der Waals surface area contributed by atoms with Crippen molar-refractivity contribution < 1.29 is 4.79 Å². The summed E-state index contributed by atoms with van der Waals surface area (Å²) >= 11 is 0. The Morgan fingerprint density at radius 3 is 2.67 bits per heavy atom. The van der Waals surface area contributed by atoms with Crippen molar-refractivity contribution in [2.75, 3.05) is 13.1 Å². The van der Waals surface area contributed by atoms with E-state index in [1.807, 2.05) is 29.2 Å². The summed E-state index contributed by atoms with van der Waals surface area (Å²) in [6.07, 6.45) is 4.87. The number of rotatable bonds is 1. The van der Waals surface area contributed by atoms with Gasteiger partial charge in [-0.3, -0.25) is 4.79 Å². The second-order valence-electron chi connectivity index (χ2n) is 4.59. The first-order valence-electron chi connectivity index (χ1n) is 6.35. The number of para-hydroxylation sites is 1. The maximum Gasteiger partial charge on any atom is 0.273 e. The summed E-state index contributed by atoms with van der Waals surface area (Å²) in [6, 6.07) is 7.65. The Kier molecular flexibility index (Phi) is 2.92. The molecule has 18 heavy (non-hydrogen) atoms. The van der Waals surface area contributed by atoms with E-state index in [9.17, 15) is 4.79 Å². The van der Waals surface area contributed by atoms with Crippen molar-refractivity contribution in [3.05, 3.63) is 36.3 Å². The highest BCUT2D eigenvalue weighted by Crippen LogP contribution is 2.18. The highest BCUT2D eigenvalue weighted by molar-refractivity contribution is 6.04. The molecule has 0 spiro atoms. The molecule has 1 amide bonds. The van der Waals surface area contributed by atoms with Gasteiger partial charge >= 0.3 is 0 Å². The molecule has 3 rings (SSSR count). The first-order chi connectivity index (χ1) is 8.86. The van der Waals surface area contributed by atoms with E-state index in [4.69, 9.17) is 0 Å². The normalized spacial score (nSPS) is 15.9. The predicted octanol–water partition coefficient (Wildman–Crippen LogP) is 2.26. The molecule has 0 radical (unpaired) electrons. The number of benzene rings is 1. The van der Waals surface area contributed by atoms with Crippen LogP contribution in [-0.2, 0) is 0 Å². The molecule has 0 bridgehead atoms. The zero-order valence-corrected chi connectivity index (χ0v) is 10.2. The van der Waals surface area contributed by atoms with Crippen LogP contribution in [-0.4, -0.2) is 33.9 Å². The summed E-state index contributed by atoms with van der Waals surface area (Å²) in [4.78, 5) is 22.7. The lowest BCUT2D eigenvalue weighted by Gasteiger charge is -2.26. The first kappa shape index (κ1) is 11.1. The second kappa shape index (κ2) is 4.72. The van der Waals surface area contributed by atoms with Gasteiger partial charge in [-0.1, -0.05) is 18.2 Å². The Balaban J connectivity index is 2.00. The SMILES string of the molecule is O=C(c1ncnc2ccccc12)N1CCCCC1. The number of carbonyl (C=O) groups excluding carboxylic acids is 1. The molecule has 0 N–H and O–H groups in total. The van der Waals surface area contributed by atoms with Crippen LogP contribution in [0.1, 0.15) is 29.8 Å². The maximum absolute atomic E-state index is 12.4. The van der Waals surface area contributed by atoms with Gasteiger partial charge in [0.1, 0.15) is 12.0 Å². The average molecular weight is 241 g/mol. The summed E-state index contributed by atoms with van der Waals surface area (Å²) in [5.74, 6) is 0.0355. The third kappa shape index (κ3) is 1.94. The van der Waals surface area contributed by atoms with E-state index in [-0.39, 0.29) is 5.91 Å². The molecule has 1 saturated heterocycles. The summed E-state index contributed by atoms with van der Waals surface area (Å²) in [6.45, 7) is 1.69. The molecule has 0 unspecified atom stereocenters. The minimum absolute atomic E-state index is 0.0355. The summed E-state index contributed by atoms with van der Waals surface area (Å²) in [5, 5.41) is 0.843. The summed E-state index contributed by atoms with van der Waals surface area (Å²) in [7, 11) is 0. The molecular weight excluding hydrogens is 226 g/mol. The fraction of sp³-hybridized carbons (Fsp3) is 0.357. The van der Waals surface area contributed by atoms with Crippen molar-refractivity contribution in [3.63, 3.8) is 0 Å². The largest absolute Gasteiger partial charge is 0.337 e. The van der Waals surface area contributed by atoms with Crippen LogP contribution in [0.5, 0.6) is 0 Å². The van der Waals surface area contributed by atoms with Crippen LogP contribution in [0.4, 0.5) is 0 Å². The second-order valence-corrected chi connectivity index (χ2v) is 4.59. The zero-order chi connectivity index (χ0) is 12.4. The molecule has 1 aliphatic rings. The minimum Gasteiger partial charge on any atom is -0.337 e. The predicted molar refractivity (Wildman–Crippen MR) is 69.3 cm³/mol. The van der Waals surface area contributed by atoms with Gasteiger partial charge in [-0.15, -0.1) is 0 Å². The minimum atomic E-state index is 0.0355. The number of aromatic nitrogens is 2. The molecule has 2 heterocycles. The van der Waals surface area contributed by atoms with Crippen LogP contribution in [0.3, 0.4) is 0 Å². The molecule has 1 aromatic carbocycles. The monoisotopic (exact) mass is 241 g/mol. The molecular formula is C14H15N3O. The Labute approximate surface area is 106 Å². The molecule has 92 valence electrons.